The van der Waals surface area contributed by atoms with Gasteiger partial charge in [-0.25, -0.2) is 9.97 Å². The van der Waals surface area contributed by atoms with Crippen molar-refractivity contribution < 1.29 is 0 Å². The van der Waals surface area contributed by atoms with Crippen LogP contribution in [0, 0.1) is 0 Å². The van der Waals surface area contributed by atoms with Crippen molar-refractivity contribution in [3.63, 3.8) is 0 Å². The van der Waals surface area contributed by atoms with Crippen LogP contribution in [-0.2, 0) is 6.42 Å². The van der Waals surface area contributed by atoms with E-state index in [2.05, 4.69) is 38.3 Å². The molecule has 0 spiro atoms. The molecule has 5 heteroatoms. The number of hydrogen-bond acceptors (Lipinski definition) is 5. The number of pyridine rings is 1. The Bertz CT molecular complexity index is 540. The van der Waals surface area contributed by atoms with Crippen LogP contribution in [0.5, 0.6) is 0 Å². The van der Waals surface area contributed by atoms with Crippen LogP contribution in [0.15, 0.2) is 36.8 Å². The zero-order valence-corrected chi connectivity index (χ0v) is 11.7. The Hall–Kier alpha value is -1.85. The number of piperazine rings is 1. The number of likely N-dealkylation sites (N-methyl/N-ethyl adjacent to an activating group) is 1. The van der Waals surface area contributed by atoms with E-state index >= 15 is 0 Å². The molecule has 20 heavy (non-hydrogen) atoms. The fourth-order valence-electron chi connectivity index (χ4n) is 2.47. The van der Waals surface area contributed by atoms with E-state index in [4.69, 9.17) is 0 Å². The number of rotatable bonds is 3. The maximum Gasteiger partial charge on any atom is 0.178 e. The fraction of sp³-hybridized carbons (Fsp3) is 0.400. The Morgan fingerprint density at radius 1 is 1.25 bits per heavy atom. The third-order valence-corrected chi connectivity index (χ3v) is 3.74. The van der Waals surface area contributed by atoms with Gasteiger partial charge in [-0.2, -0.15) is 0 Å². The summed E-state index contributed by atoms with van der Waals surface area (Å²) in [6.45, 7) is 3.23. The van der Waals surface area contributed by atoms with Crippen molar-refractivity contribution in [2.75, 3.05) is 26.7 Å². The first-order chi connectivity index (χ1) is 9.83. The van der Waals surface area contributed by atoms with Gasteiger partial charge in [-0.05, 0) is 31.2 Å². The standard InChI is InChI=1S/C15H19N5/c1-20-8-7-16-11-13(20)9-12-3-4-14(19-10-12)15-17-5-2-6-18-15/h2-6,10,13,16H,7-9,11H2,1H3. The summed E-state index contributed by atoms with van der Waals surface area (Å²) in [6.07, 6.45) is 6.43. The van der Waals surface area contributed by atoms with Crippen molar-refractivity contribution in [2.45, 2.75) is 12.5 Å². The number of nitrogens with zero attached hydrogens (tertiary/aromatic N) is 4. The number of aromatic nitrogens is 3. The van der Waals surface area contributed by atoms with Gasteiger partial charge >= 0.3 is 0 Å². The van der Waals surface area contributed by atoms with Crippen molar-refractivity contribution >= 4 is 0 Å². The lowest BCUT2D eigenvalue weighted by Gasteiger charge is -2.33. The van der Waals surface area contributed by atoms with Gasteiger partial charge in [0.1, 0.15) is 5.69 Å². The van der Waals surface area contributed by atoms with E-state index < -0.39 is 0 Å². The van der Waals surface area contributed by atoms with E-state index in [1.54, 1.807) is 12.4 Å². The van der Waals surface area contributed by atoms with Gasteiger partial charge in [-0.15, -0.1) is 0 Å². The Labute approximate surface area is 119 Å². The molecule has 0 aliphatic carbocycles. The van der Waals surface area contributed by atoms with Crippen molar-refractivity contribution in [3.8, 4) is 11.5 Å². The third kappa shape index (κ3) is 3.00. The minimum atomic E-state index is 0.546. The average molecular weight is 269 g/mol. The van der Waals surface area contributed by atoms with E-state index in [1.807, 2.05) is 18.3 Å². The van der Waals surface area contributed by atoms with Gasteiger partial charge in [0, 0.05) is 44.3 Å². The predicted molar refractivity (Wildman–Crippen MR) is 78.3 cm³/mol. The highest BCUT2D eigenvalue weighted by Gasteiger charge is 2.18. The lowest BCUT2D eigenvalue weighted by atomic mass is 10.0. The van der Waals surface area contributed by atoms with Crippen LogP contribution in [0.4, 0.5) is 0 Å². The molecule has 1 N–H and O–H groups in total. The molecule has 3 heterocycles. The third-order valence-electron chi connectivity index (χ3n) is 3.74. The summed E-state index contributed by atoms with van der Waals surface area (Å²) in [6, 6.07) is 6.48. The van der Waals surface area contributed by atoms with Crippen molar-refractivity contribution in [3.05, 3.63) is 42.4 Å². The highest BCUT2D eigenvalue weighted by Crippen LogP contribution is 2.13. The monoisotopic (exact) mass is 269 g/mol. The van der Waals surface area contributed by atoms with Gasteiger partial charge in [0.15, 0.2) is 5.82 Å². The van der Waals surface area contributed by atoms with Crippen LogP contribution in [-0.4, -0.2) is 52.6 Å². The highest BCUT2D eigenvalue weighted by molar-refractivity contribution is 5.48. The molecule has 1 saturated heterocycles. The van der Waals surface area contributed by atoms with Crippen molar-refractivity contribution in [1.29, 1.82) is 0 Å². The fourth-order valence-corrected chi connectivity index (χ4v) is 2.47. The summed E-state index contributed by atoms with van der Waals surface area (Å²) in [5, 5.41) is 3.44. The van der Waals surface area contributed by atoms with Gasteiger partial charge in [0.05, 0.1) is 0 Å². The molecule has 1 fully saturated rings. The lowest BCUT2D eigenvalue weighted by molar-refractivity contribution is 0.199. The largest absolute Gasteiger partial charge is 0.314 e. The van der Waals surface area contributed by atoms with Gasteiger partial charge in [-0.3, -0.25) is 4.98 Å². The van der Waals surface area contributed by atoms with Crippen LogP contribution < -0.4 is 5.32 Å². The van der Waals surface area contributed by atoms with Crippen molar-refractivity contribution in [1.82, 2.24) is 25.2 Å². The Morgan fingerprint density at radius 2 is 2.10 bits per heavy atom. The molecule has 3 rings (SSSR count). The molecular weight excluding hydrogens is 250 g/mol. The predicted octanol–water partition coefficient (Wildman–Crippen LogP) is 0.985. The summed E-state index contributed by atoms with van der Waals surface area (Å²) in [5.41, 5.74) is 2.08. The molecule has 1 atom stereocenters. The summed E-state index contributed by atoms with van der Waals surface area (Å²) in [4.78, 5) is 15.3. The molecule has 1 aliphatic heterocycles. The topological polar surface area (TPSA) is 53.9 Å². The average Bonchev–Trinajstić information content (AvgIpc) is 2.51. The lowest BCUT2D eigenvalue weighted by Crippen LogP contribution is -2.50. The SMILES string of the molecule is CN1CCNCC1Cc1ccc(-c2ncccn2)nc1. The van der Waals surface area contributed by atoms with Crippen LogP contribution >= 0.6 is 0 Å². The first-order valence-corrected chi connectivity index (χ1v) is 6.96. The molecule has 2 aromatic heterocycles. The van der Waals surface area contributed by atoms with E-state index in [1.165, 1.54) is 5.56 Å². The second-order valence-corrected chi connectivity index (χ2v) is 5.17. The molecule has 0 bridgehead atoms. The minimum Gasteiger partial charge on any atom is -0.314 e. The van der Waals surface area contributed by atoms with Crippen LogP contribution in [0.3, 0.4) is 0 Å². The van der Waals surface area contributed by atoms with Gasteiger partial charge in [0.2, 0.25) is 0 Å². The highest BCUT2D eigenvalue weighted by atomic mass is 15.2. The summed E-state index contributed by atoms with van der Waals surface area (Å²) >= 11 is 0. The first kappa shape index (κ1) is 13.1. The van der Waals surface area contributed by atoms with E-state index in [0.717, 1.165) is 31.7 Å². The molecule has 5 nitrogen and oxygen atoms in total. The van der Waals surface area contributed by atoms with Crippen LogP contribution in [0.1, 0.15) is 5.56 Å². The van der Waals surface area contributed by atoms with Crippen molar-refractivity contribution in [2.24, 2.45) is 0 Å². The molecule has 0 radical (unpaired) electrons. The Morgan fingerprint density at radius 3 is 2.80 bits per heavy atom. The maximum absolute atomic E-state index is 4.48. The van der Waals surface area contributed by atoms with Gasteiger partial charge in [0.25, 0.3) is 0 Å². The molecule has 0 saturated carbocycles. The number of nitrogens with one attached hydrogen (secondary N) is 1. The summed E-state index contributed by atoms with van der Waals surface area (Å²) in [5.74, 6) is 0.676. The van der Waals surface area contributed by atoms with E-state index in [9.17, 15) is 0 Å². The smallest absolute Gasteiger partial charge is 0.178 e. The number of hydrogen-bond donors (Lipinski definition) is 1. The normalized spacial score (nSPS) is 19.9. The first-order valence-electron chi connectivity index (χ1n) is 6.96. The van der Waals surface area contributed by atoms with Gasteiger partial charge < -0.3 is 10.2 Å². The maximum atomic E-state index is 4.48. The second kappa shape index (κ2) is 6.07. The Balaban J connectivity index is 1.70. The molecule has 2 aromatic rings. The van der Waals surface area contributed by atoms with Gasteiger partial charge in [-0.1, -0.05) is 6.07 Å². The quantitative estimate of drug-likeness (QED) is 0.900. The summed E-state index contributed by atoms with van der Waals surface area (Å²) in [7, 11) is 2.19. The molecule has 0 amide bonds. The van der Waals surface area contributed by atoms with Crippen LogP contribution in [0.2, 0.25) is 0 Å². The zero-order valence-electron chi connectivity index (χ0n) is 11.7. The van der Waals surface area contributed by atoms with E-state index in [0.29, 0.717) is 11.9 Å². The molecule has 0 aromatic carbocycles. The summed E-state index contributed by atoms with van der Waals surface area (Å²) < 4.78 is 0. The molecule has 104 valence electrons. The zero-order chi connectivity index (χ0) is 13.8. The minimum absolute atomic E-state index is 0.546. The van der Waals surface area contributed by atoms with E-state index in [-0.39, 0.29) is 0 Å². The molecular formula is C15H19N5. The Kier molecular flexibility index (Phi) is 3.99. The molecule has 1 unspecified atom stereocenters. The second-order valence-electron chi connectivity index (χ2n) is 5.17. The molecule has 1 aliphatic rings. The van der Waals surface area contributed by atoms with Crippen LogP contribution in [0.25, 0.3) is 11.5 Å².